The second-order valence-corrected chi connectivity index (χ2v) is 14.2. The molecule has 0 spiro atoms. The quantitative estimate of drug-likeness (QED) is 0.160. The van der Waals surface area contributed by atoms with Crippen LogP contribution in [-0.2, 0) is 32.6 Å². The summed E-state index contributed by atoms with van der Waals surface area (Å²) < 4.78 is 29.4. The van der Waals surface area contributed by atoms with Crippen LogP contribution in [0.15, 0.2) is 102 Å². The Morgan fingerprint density at radius 2 is 1.43 bits per heavy atom. The summed E-state index contributed by atoms with van der Waals surface area (Å²) in [5.74, 6) is -0.903. The van der Waals surface area contributed by atoms with Crippen molar-refractivity contribution in [3.63, 3.8) is 0 Å². The highest BCUT2D eigenvalue weighted by Crippen LogP contribution is 2.33. The Bertz CT molecular complexity index is 1750. The fourth-order valence-electron chi connectivity index (χ4n) is 4.91. The first kappa shape index (κ1) is 35.0. The van der Waals surface area contributed by atoms with Crippen molar-refractivity contribution in [2.45, 2.75) is 64.1 Å². The molecule has 0 aliphatic heterocycles. The number of carbonyl (C=O) groups excluding carboxylic acids is 2. The molecule has 0 heterocycles. The number of nitrogens with one attached hydrogen (secondary N) is 1. The first-order valence-corrected chi connectivity index (χ1v) is 17.3. The van der Waals surface area contributed by atoms with Gasteiger partial charge in [-0.25, -0.2) is 8.42 Å². The van der Waals surface area contributed by atoms with Crippen LogP contribution < -0.4 is 9.62 Å². The van der Waals surface area contributed by atoms with Gasteiger partial charge in [-0.15, -0.1) is 0 Å². The minimum absolute atomic E-state index is 0.0117. The Morgan fingerprint density at radius 1 is 0.826 bits per heavy atom. The fraction of sp³-hybridized carbons (Fsp3) is 0.278. The van der Waals surface area contributed by atoms with Crippen molar-refractivity contribution in [1.82, 2.24) is 10.2 Å². The second kappa shape index (κ2) is 15.6. The van der Waals surface area contributed by atoms with Gasteiger partial charge in [0, 0.05) is 24.0 Å². The normalized spacial score (nSPS) is 12.7. The van der Waals surface area contributed by atoms with Crippen molar-refractivity contribution in [1.29, 1.82) is 0 Å². The third-order valence-corrected chi connectivity index (χ3v) is 10.1. The number of hydrogen-bond donors (Lipinski definition) is 1. The van der Waals surface area contributed by atoms with E-state index in [0.29, 0.717) is 6.42 Å². The van der Waals surface area contributed by atoms with Gasteiger partial charge in [0.1, 0.15) is 12.6 Å². The molecule has 10 heteroatoms. The smallest absolute Gasteiger partial charge is 0.264 e. The highest BCUT2D eigenvalue weighted by atomic mass is 35.5. The van der Waals surface area contributed by atoms with Crippen molar-refractivity contribution in [3.8, 4) is 0 Å². The highest BCUT2D eigenvalue weighted by molar-refractivity contribution is 7.92. The number of anilines is 1. The SMILES string of the molecule is CC[C@@H](C)NC(=O)[C@H](Cc1ccccc1)N(Cc1ccc(C)cc1)C(=O)CN(c1cc(Cl)ccc1Cl)S(=O)(=O)c1ccc(C)cc1. The van der Waals surface area contributed by atoms with Crippen LogP contribution in [0.3, 0.4) is 0 Å². The molecule has 4 aromatic rings. The van der Waals surface area contributed by atoms with Crippen molar-refractivity contribution in [2.24, 2.45) is 0 Å². The lowest BCUT2D eigenvalue weighted by molar-refractivity contribution is -0.140. The summed E-state index contributed by atoms with van der Waals surface area (Å²) in [5.41, 5.74) is 3.63. The van der Waals surface area contributed by atoms with Gasteiger partial charge in [-0.2, -0.15) is 0 Å². The third kappa shape index (κ3) is 8.90. The lowest BCUT2D eigenvalue weighted by Gasteiger charge is -2.34. The standard InChI is InChI=1S/C36H39Cl2N3O4S/c1-5-27(4)39-36(43)34(21-28-9-7-6-8-10-28)40(23-29-15-11-25(2)12-16-29)35(42)24-41(33-22-30(37)17-20-32(33)38)46(44,45)31-18-13-26(3)14-19-31/h6-20,22,27,34H,5,21,23-24H2,1-4H3,(H,39,43)/t27-,34+/m1/s1. The van der Waals surface area contributed by atoms with Gasteiger partial charge in [0.15, 0.2) is 0 Å². The van der Waals surface area contributed by atoms with Crippen LogP contribution in [0.4, 0.5) is 5.69 Å². The fourth-order valence-corrected chi connectivity index (χ4v) is 6.77. The Morgan fingerprint density at radius 3 is 2.04 bits per heavy atom. The molecule has 1 N–H and O–H groups in total. The van der Waals surface area contributed by atoms with Crippen molar-refractivity contribution < 1.29 is 18.0 Å². The predicted octanol–water partition coefficient (Wildman–Crippen LogP) is 7.36. The first-order valence-electron chi connectivity index (χ1n) is 15.1. The molecule has 0 bridgehead atoms. The van der Waals surface area contributed by atoms with Crippen LogP contribution in [0, 0.1) is 13.8 Å². The number of nitrogens with zero attached hydrogens (tertiary/aromatic N) is 2. The molecule has 2 atom stereocenters. The van der Waals surface area contributed by atoms with Gasteiger partial charge in [0.05, 0.1) is 15.6 Å². The molecule has 4 rings (SSSR count). The number of halogens is 2. The average Bonchev–Trinajstić information content (AvgIpc) is 3.04. The number of amides is 2. The molecule has 2 amide bonds. The van der Waals surface area contributed by atoms with E-state index in [1.54, 1.807) is 18.2 Å². The van der Waals surface area contributed by atoms with E-state index < -0.39 is 28.5 Å². The maximum atomic E-state index is 14.6. The zero-order chi connectivity index (χ0) is 33.4. The van der Waals surface area contributed by atoms with E-state index in [4.69, 9.17) is 23.2 Å². The topological polar surface area (TPSA) is 86.8 Å². The summed E-state index contributed by atoms with van der Waals surface area (Å²) in [5, 5.41) is 3.40. The molecule has 0 aromatic heterocycles. The van der Waals surface area contributed by atoms with Crippen LogP contribution in [0.2, 0.25) is 10.0 Å². The number of rotatable bonds is 13. The third-order valence-electron chi connectivity index (χ3n) is 7.81. The monoisotopic (exact) mass is 679 g/mol. The summed E-state index contributed by atoms with van der Waals surface area (Å²) >= 11 is 12.9. The summed E-state index contributed by atoms with van der Waals surface area (Å²) in [7, 11) is -4.30. The molecule has 0 saturated carbocycles. The number of aryl methyl sites for hydroxylation is 2. The van der Waals surface area contributed by atoms with Crippen molar-refractivity contribution in [2.75, 3.05) is 10.8 Å². The van der Waals surface area contributed by atoms with E-state index in [2.05, 4.69) is 5.32 Å². The molecule has 0 radical (unpaired) electrons. The van der Waals surface area contributed by atoms with Gasteiger partial charge in [-0.1, -0.05) is 108 Å². The van der Waals surface area contributed by atoms with E-state index in [1.807, 2.05) is 82.3 Å². The Kier molecular flexibility index (Phi) is 11.9. The molecule has 7 nitrogen and oxygen atoms in total. The van der Waals surface area contributed by atoms with Crippen LogP contribution in [0.1, 0.15) is 42.5 Å². The van der Waals surface area contributed by atoms with Crippen LogP contribution >= 0.6 is 23.2 Å². The zero-order valence-corrected chi connectivity index (χ0v) is 28.7. The number of carbonyl (C=O) groups is 2. The second-order valence-electron chi connectivity index (χ2n) is 11.5. The lowest BCUT2D eigenvalue weighted by Crippen LogP contribution is -2.54. The average molecular weight is 681 g/mol. The van der Waals surface area contributed by atoms with Crippen LogP contribution in [-0.4, -0.2) is 43.8 Å². The Labute approximate surface area is 282 Å². The van der Waals surface area contributed by atoms with E-state index in [0.717, 1.165) is 26.6 Å². The van der Waals surface area contributed by atoms with Gasteiger partial charge < -0.3 is 10.2 Å². The van der Waals surface area contributed by atoms with E-state index in [9.17, 15) is 18.0 Å². The van der Waals surface area contributed by atoms with Crippen LogP contribution in [0.5, 0.6) is 0 Å². The number of sulfonamides is 1. The lowest BCUT2D eigenvalue weighted by atomic mass is 10.0. The van der Waals surface area contributed by atoms with Crippen molar-refractivity contribution >= 4 is 50.7 Å². The van der Waals surface area contributed by atoms with Gasteiger partial charge in [-0.05, 0) is 68.7 Å². The van der Waals surface area contributed by atoms with E-state index in [1.165, 1.54) is 29.2 Å². The molecule has 0 unspecified atom stereocenters. The van der Waals surface area contributed by atoms with Crippen LogP contribution in [0.25, 0.3) is 0 Å². The summed E-state index contributed by atoms with van der Waals surface area (Å²) in [4.78, 5) is 30.0. The van der Waals surface area contributed by atoms with E-state index in [-0.39, 0.29) is 45.5 Å². The largest absolute Gasteiger partial charge is 0.352 e. The number of hydrogen-bond acceptors (Lipinski definition) is 4. The summed E-state index contributed by atoms with van der Waals surface area (Å²) in [6, 6.07) is 26.8. The Balaban J connectivity index is 1.83. The zero-order valence-electron chi connectivity index (χ0n) is 26.4. The van der Waals surface area contributed by atoms with Gasteiger partial charge in [-0.3, -0.25) is 13.9 Å². The van der Waals surface area contributed by atoms with Crippen molar-refractivity contribution in [3.05, 3.63) is 129 Å². The molecule has 0 aliphatic carbocycles. The summed E-state index contributed by atoms with van der Waals surface area (Å²) in [6.07, 6.45) is 0.925. The number of benzene rings is 4. The molecular formula is C36H39Cl2N3O4S. The van der Waals surface area contributed by atoms with Gasteiger partial charge in [0.25, 0.3) is 10.0 Å². The predicted molar refractivity (Wildman–Crippen MR) is 186 cm³/mol. The minimum atomic E-state index is -4.30. The highest BCUT2D eigenvalue weighted by Gasteiger charge is 2.35. The molecule has 46 heavy (non-hydrogen) atoms. The Hall–Kier alpha value is -3.85. The molecule has 4 aromatic carbocycles. The molecule has 0 saturated heterocycles. The molecule has 0 fully saturated rings. The maximum Gasteiger partial charge on any atom is 0.264 e. The molecular weight excluding hydrogens is 641 g/mol. The minimum Gasteiger partial charge on any atom is -0.352 e. The van der Waals surface area contributed by atoms with E-state index >= 15 is 0 Å². The molecule has 242 valence electrons. The summed E-state index contributed by atoms with van der Waals surface area (Å²) in [6.45, 7) is 7.14. The van der Waals surface area contributed by atoms with Gasteiger partial charge >= 0.3 is 0 Å². The molecule has 0 aliphatic rings. The maximum absolute atomic E-state index is 14.6. The van der Waals surface area contributed by atoms with Gasteiger partial charge in [0.2, 0.25) is 11.8 Å². The first-order chi connectivity index (χ1) is 21.9.